The second-order valence-corrected chi connectivity index (χ2v) is 5.66. The van der Waals surface area contributed by atoms with E-state index in [2.05, 4.69) is 0 Å². The number of hydrogen-bond acceptors (Lipinski definition) is 2. The number of fused-ring (bicyclic) bond motifs is 3. The number of nitrogens with zero attached hydrogens (tertiary/aromatic N) is 1. The Hall–Kier alpha value is -2.29. The summed E-state index contributed by atoms with van der Waals surface area (Å²) < 4.78 is 5.81. The highest BCUT2D eigenvalue weighted by Gasteiger charge is 2.19. The monoisotopic (exact) mass is 279 g/mol. The molecule has 0 N–H and O–H groups in total. The predicted molar refractivity (Wildman–Crippen MR) is 83.5 cm³/mol. The highest BCUT2D eigenvalue weighted by Crippen LogP contribution is 2.29. The molecule has 1 fully saturated rings. The number of piperidine rings is 1. The van der Waals surface area contributed by atoms with Crippen LogP contribution in [0.5, 0.6) is 0 Å². The van der Waals surface area contributed by atoms with Gasteiger partial charge in [0.05, 0.1) is 0 Å². The lowest BCUT2D eigenvalue weighted by atomic mass is 10.1. The van der Waals surface area contributed by atoms with Crippen molar-refractivity contribution >= 4 is 27.8 Å². The van der Waals surface area contributed by atoms with E-state index in [4.69, 9.17) is 4.42 Å². The molecule has 0 unspecified atom stereocenters. The zero-order chi connectivity index (χ0) is 14.2. The van der Waals surface area contributed by atoms with Gasteiger partial charge in [0.1, 0.15) is 11.2 Å². The maximum Gasteiger partial charge on any atom is 0.253 e. The zero-order valence-corrected chi connectivity index (χ0v) is 11.8. The Bertz CT molecular complexity index is 812. The number of benzene rings is 2. The molecule has 21 heavy (non-hydrogen) atoms. The van der Waals surface area contributed by atoms with E-state index in [0.717, 1.165) is 53.4 Å². The van der Waals surface area contributed by atoms with Gasteiger partial charge >= 0.3 is 0 Å². The van der Waals surface area contributed by atoms with Gasteiger partial charge in [-0.3, -0.25) is 4.79 Å². The minimum Gasteiger partial charge on any atom is -0.456 e. The second kappa shape index (κ2) is 4.92. The summed E-state index contributed by atoms with van der Waals surface area (Å²) in [5, 5.41) is 2.09. The molecule has 1 aliphatic rings. The Morgan fingerprint density at radius 3 is 2.52 bits per heavy atom. The van der Waals surface area contributed by atoms with E-state index in [-0.39, 0.29) is 5.91 Å². The fourth-order valence-electron chi connectivity index (χ4n) is 3.14. The van der Waals surface area contributed by atoms with Crippen LogP contribution in [0.25, 0.3) is 21.9 Å². The normalized spacial score (nSPS) is 15.7. The number of furan rings is 1. The van der Waals surface area contributed by atoms with Crippen molar-refractivity contribution in [2.24, 2.45) is 0 Å². The van der Waals surface area contributed by atoms with Crippen LogP contribution >= 0.6 is 0 Å². The summed E-state index contributed by atoms with van der Waals surface area (Å²) in [6.07, 6.45) is 3.46. The van der Waals surface area contributed by atoms with Crippen LogP contribution in [0.3, 0.4) is 0 Å². The molecule has 2 heterocycles. The van der Waals surface area contributed by atoms with Crippen molar-refractivity contribution in [2.75, 3.05) is 13.1 Å². The molecule has 0 spiro atoms. The first-order valence-corrected chi connectivity index (χ1v) is 7.53. The predicted octanol–water partition coefficient (Wildman–Crippen LogP) is 4.21. The largest absolute Gasteiger partial charge is 0.456 e. The number of hydrogen-bond donors (Lipinski definition) is 0. The van der Waals surface area contributed by atoms with Crippen LogP contribution in [-0.4, -0.2) is 23.9 Å². The van der Waals surface area contributed by atoms with E-state index in [1.54, 1.807) is 0 Å². The van der Waals surface area contributed by atoms with Gasteiger partial charge in [-0.1, -0.05) is 18.2 Å². The topological polar surface area (TPSA) is 33.5 Å². The average Bonchev–Trinajstić information content (AvgIpc) is 2.93. The first-order valence-electron chi connectivity index (χ1n) is 7.53. The minimum absolute atomic E-state index is 0.141. The van der Waals surface area contributed by atoms with Crippen LogP contribution in [0.2, 0.25) is 0 Å². The van der Waals surface area contributed by atoms with Crippen LogP contribution in [-0.2, 0) is 0 Å². The SMILES string of the molecule is O=C(c1ccc2oc3ccccc3c2c1)N1CCCCC1. The third kappa shape index (κ3) is 2.09. The van der Waals surface area contributed by atoms with E-state index in [1.165, 1.54) is 6.42 Å². The molecule has 2 aromatic carbocycles. The van der Waals surface area contributed by atoms with E-state index < -0.39 is 0 Å². The Morgan fingerprint density at radius 1 is 0.905 bits per heavy atom. The van der Waals surface area contributed by atoms with E-state index >= 15 is 0 Å². The standard InChI is InChI=1S/C18H17NO2/c20-18(19-10-4-1-5-11-19)13-8-9-17-15(12-13)14-6-2-3-7-16(14)21-17/h2-3,6-9,12H,1,4-5,10-11H2. The summed E-state index contributed by atoms with van der Waals surface area (Å²) in [5.41, 5.74) is 2.47. The minimum atomic E-state index is 0.141. The number of para-hydroxylation sites is 1. The summed E-state index contributed by atoms with van der Waals surface area (Å²) in [7, 11) is 0. The zero-order valence-electron chi connectivity index (χ0n) is 11.8. The maximum absolute atomic E-state index is 12.6. The van der Waals surface area contributed by atoms with Gasteiger partial charge in [0, 0.05) is 29.4 Å². The molecule has 106 valence electrons. The fourth-order valence-corrected chi connectivity index (χ4v) is 3.14. The smallest absolute Gasteiger partial charge is 0.253 e. The van der Waals surface area contributed by atoms with Crippen molar-refractivity contribution in [1.82, 2.24) is 4.90 Å². The van der Waals surface area contributed by atoms with Gasteiger partial charge in [-0.15, -0.1) is 0 Å². The van der Waals surface area contributed by atoms with Gasteiger partial charge in [-0.2, -0.15) is 0 Å². The quantitative estimate of drug-likeness (QED) is 0.668. The molecule has 3 heteroatoms. The van der Waals surface area contributed by atoms with Crippen LogP contribution in [0.15, 0.2) is 46.9 Å². The summed E-state index contributed by atoms with van der Waals surface area (Å²) in [6.45, 7) is 1.76. The Morgan fingerprint density at radius 2 is 1.67 bits per heavy atom. The second-order valence-electron chi connectivity index (χ2n) is 5.66. The van der Waals surface area contributed by atoms with Gasteiger partial charge in [0.15, 0.2) is 0 Å². The molecule has 3 nitrogen and oxygen atoms in total. The molecule has 3 aromatic rings. The Labute approximate surface area is 123 Å². The summed E-state index contributed by atoms with van der Waals surface area (Å²) in [4.78, 5) is 14.6. The molecule has 1 saturated heterocycles. The molecule has 0 bridgehead atoms. The lowest BCUT2D eigenvalue weighted by Gasteiger charge is -2.26. The number of rotatable bonds is 1. The van der Waals surface area contributed by atoms with Crippen LogP contribution in [0.4, 0.5) is 0 Å². The highest BCUT2D eigenvalue weighted by molar-refractivity contribution is 6.08. The van der Waals surface area contributed by atoms with Gasteiger partial charge < -0.3 is 9.32 Å². The van der Waals surface area contributed by atoms with Gasteiger partial charge in [0.25, 0.3) is 5.91 Å². The molecule has 1 aromatic heterocycles. The van der Waals surface area contributed by atoms with Gasteiger partial charge in [-0.25, -0.2) is 0 Å². The molecule has 0 saturated carbocycles. The third-order valence-electron chi connectivity index (χ3n) is 4.27. The molecule has 4 rings (SSSR count). The van der Waals surface area contributed by atoms with Crippen molar-refractivity contribution in [3.63, 3.8) is 0 Å². The Kier molecular flexibility index (Phi) is 2.92. The number of carbonyl (C=O) groups is 1. The molecule has 0 aliphatic carbocycles. The van der Waals surface area contributed by atoms with Crippen molar-refractivity contribution in [3.8, 4) is 0 Å². The van der Waals surface area contributed by atoms with Crippen molar-refractivity contribution < 1.29 is 9.21 Å². The van der Waals surface area contributed by atoms with E-state index in [9.17, 15) is 4.79 Å². The average molecular weight is 279 g/mol. The van der Waals surface area contributed by atoms with Crippen molar-refractivity contribution in [3.05, 3.63) is 48.0 Å². The number of carbonyl (C=O) groups excluding carboxylic acids is 1. The van der Waals surface area contributed by atoms with Gasteiger partial charge in [-0.05, 0) is 43.5 Å². The first kappa shape index (κ1) is 12.5. The number of amides is 1. The van der Waals surface area contributed by atoms with Crippen molar-refractivity contribution in [1.29, 1.82) is 0 Å². The molecule has 1 amide bonds. The molecular formula is C18H17NO2. The number of likely N-dealkylation sites (tertiary alicyclic amines) is 1. The lowest BCUT2D eigenvalue weighted by molar-refractivity contribution is 0.0724. The summed E-state index contributed by atoms with van der Waals surface area (Å²) >= 11 is 0. The lowest BCUT2D eigenvalue weighted by Crippen LogP contribution is -2.35. The van der Waals surface area contributed by atoms with Crippen LogP contribution in [0, 0.1) is 0 Å². The van der Waals surface area contributed by atoms with Gasteiger partial charge in [0.2, 0.25) is 0 Å². The molecule has 1 aliphatic heterocycles. The van der Waals surface area contributed by atoms with E-state index in [1.807, 2.05) is 47.4 Å². The van der Waals surface area contributed by atoms with Crippen molar-refractivity contribution in [2.45, 2.75) is 19.3 Å². The maximum atomic E-state index is 12.6. The van der Waals surface area contributed by atoms with E-state index in [0.29, 0.717) is 0 Å². The highest BCUT2D eigenvalue weighted by atomic mass is 16.3. The molecule has 0 radical (unpaired) electrons. The van der Waals surface area contributed by atoms with Crippen LogP contribution < -0.4 is 0 Å². The summed E-state index contributed by atoms with van der Waals surface area (Å²) in [6, 6.07) is 13.7. The summed E-state index contributed by atoms with van der Waals surface area (Å²) in [5.74, 6) is 0.141. The molecule has 0 atom stereocenters. The first-order chi connectivity index (χ1) is 10.3. The molecular weight excluding hydrogens is 262 g/mol. The van der Waals surface area contributed by atoms with Crippen LogP contribution in [0.1, 0.15) is 29.6 Å². The Balaban J connectivity index is 1.78. The third-order valence-corrected chi connectivity index (χ3v) is 4.27. The fraction of sp³-hybridized carbons (Fsp3) is 0.278.